The van der Waals surface area contributed by atoms with Gasteiger partial charge in [0, 0.05) is 32.6 Å². The Morgan fingerprint density at radius 2 is 1.35 bits per heavy atom. The van der Waals surface area contributed by atoms with Gasteiger partial charge in [-0.1, -0.05) is 0 Å². The Balaban J connectivity index is 1.86. The van der Waals surface area contributed by atoms with Gasteiger partial charge >= 0.3 is 5.97 Å². The lowest BCUT2D eigenvalue weighted by Gasteiger charge is -2.36. The molecular formula is C19H28N2O4S. The molecule has 0 radical (unpaired) electrons. The minimum atomic E-state index is -3.56. The first-order valence-electron chi connectivity index (χ1n) is 9.14. The van der Waals surface area contributed by atoms with Gasteiger partial charge in [0.1, 0.15) is 6.04 Å². The Bertz CT molecular complexity index is 811. The molecule has 0 bridgehead atoms. The van der Waals surface area contributed by atoms with Gasteiger partial charge in [0.15, 0.2) is 0 Å². The molecule has 0 amide bonds. The van der Waals surface area contributed by atoms with Gasteiger partial charge in [-0.25, -0.2) is 8.42 Å². The molecule has 3 rings (SSSR count). The summed E-state index contributed by atoms with van der Waals surface area (Å²) in [5, 5.41) is 0. The van der Waals surface area contributed by atoms with Crippen molar-refractivity contribution in [2.24, 2.45) is 0 Å². The van der Waals surface area contributed by atoms with Crippen LogP contribution in [0.25, 0.3) is 0 Å². The molecule has 0 spiro atoms. The van der Waals surface area contributed by atoms with Crippen LogP contribution in [0.3, 0.4) is 0 Å². The number of nitrogens with zero attached hydrogens (tertiary/aromatic N) is 2. The van der Waals surface area contributed by atoms with E-state index in [1.54, 1.807) is 4.31 Å². The number of carbonyl (C=O) groups excluding carboxylic acids is 1. The summed E-state index contributed by atoms with van der Waals surface area (Å²) in [4.78, 5) is 14.3. The van der Waals surface area contributed by atoms with Crippen molar-refractivity contribution in [3.63, 3.8) is 0 Å². The number of sulfonamides is 1. The molecule has 1 aromatic carbocycles. The zero-order chi connectivity index (χ0) is 19.2. The molecule has 2 aliphatic rings. The highest BCUT2D eigenvalue weighted by atomic mass is 32.2. The van der Waals surface area contributed by atoms with Crippen LogP contribution < -0.4 is 0 Å². The fourth-order valence-electron chi connectivity index (χ4n) is 4.05. The maximum absolute atomic E-state index is 13.4. The van der Waals surface area contributed by atoms with Crippen LogP contribution in [0, 0.1) is 34.6 Å². The predicted octanol–water partition coefficient (Wildman–Crippen LogP) is 1.85. The number of cyclic esters (lactones) is 1. The number of hydrogen-bond acceptors (Lipinski definition) is 5. The third-order valence-corrected chi connectivity index (χ3v) is 8.32. The van der Waals surface area contributed by atoms with E-state index in [-0.39, 0.29) is 12.0 Å². The summed E-state index contributed by atoms with van der Waals surface area (Å²) in [7, 11) is -3.56. The van der Waals surface area contributed by atoms with Crippen LogP contribution in [0.15, 0.2) is 4.90 Å². The van der Waals surface area contributed by atoms with Crippen LogP contribution in [0.4, 0.5) is 0 Å². The molecule has 7 heteroatoms. The molecule has 2 fully saturated rings. The summed E-state index contributed by atoms with van der Waals surface area (Å²) in [5.41, 5.74) is 4.92. The van der Waals surface area contributed by atoms with Crippen LogP contribution in [0.5, 0.6) is 0 Å². The second-order valence-corrected chi connectivity index (χ2v) is 9.24. The van der Waals surface area contributed by atoms with Crippen molar-refractivity contribution in [2.75, 3.05) is 32.8 Å². The van der Waals surface area contributed by atoms with E-state index in [2.05, 4.69) is 0 Å². The van der Waals surface area contributed by atoms with Gasteiger partial charge in [-0.05, 0) is 62.4 Å². The fourth-order valence-corrected chi connectivity index (χ4v) is 6.04. The van der Waals surface area contributed by atoms with Gasteiger partial charge in [0.25, 0.3) is 0 Å². The van der Waals surface area contributed by atoms with E-state index in [1.807, 2.05) is 39.5 Å². The van der Waals surface area contributed by atoms with Crippen molar-refractivity contribution in [1.82, 2.24) is 9.21 Å². The number of piperazine rings is 1. The summed E-state index contributed by atoms with van der Waals surface area (Å²) in [6.45, 7) is 12.2. The summed E-state index contributed by atoms with van der Waals surface area (Å²) in [6, 6.07) is -0.216. The van der Waals surface area contributed by atoms with Crippen molar-refractivity contribution in [3.8, 4) is 0 Å². The average molecular weight is 381 g/mol. The Morgan fingerprint density at radius 3 is 1.81 bits per heavy atom. The predicted molar refractivity (Wildman–Crippen MR) is 99.8 cm³/mol. The van der Waals surface area contributed by atoms with Gasteiger partial charge in [-0.2, -0.15) is 4.31 Å². The highest BCUT2D eigenvalue weighted by Crippen LogP contribution is 2.32. The lowest BCUT2D eigenvalue weighted by molar-refractivity contribution is -0.142. The lowest BCUT2D eigenvalue weighted by atomic mass is 9.95. The van der Waals surface area contributed by atoms with Crippen molar-refractivity contribution in [2.45, 2.75) is 52.0 Å². The van der Waals surface area contributed by atoms with E-state index in [4.69, 9.17) is 4.74 Å². The molecule has 2 heterocycles. The quantitative estimate of drug-likeness (QED) is 0.749. The normalized spacial score (nSPS) is 22.7. The van der Waals surface area contributed by atoms with Gasteiger partial charge in [-0.15, -0.1) is 0 Å². The van der Waals surface area contributed by atoms with E-state index in [0.29, 0.717) is 44.1 Å². The molecule has 1 atom stereocenters. The molecule has 144 valence electrons. The molecule has 1 unspecified atom stereocenters. The highest BCUT2D eigenvalue weighted by Gasteiger charge is 2.37. The first-order chi connectivity index (χ1) is 12.2. The molecule has 6 nitrogen and oxygen atoms in total. The Morgan fingerprint density at radius 1 is 0.846 bits per heavy atom. The molecule has 0 saturated carbocycles. The van der Waals surface area contributed by atoms with Crippen molar-refractivity contribution >= 4 is 16.0 Å². The van der Waals surface area contributed by atoms with Gasteiger partial charge in [-0.3, -0.25) is 9.69 Å². The van der Waals surface area contributed by atoms with E-state index < -0.39 is 10.0 Å². The maximum atomic E-state index is 13.4. The summed E-state index contributed by atoms with van der Waals surface area (Å²) >= 11 is 0. The van der Waals surface area contributed by atoms with Crippen molar-refractivity contribution in [1.29, 1.82) is 0 Å². The second kappa shape index (κ2) is 6.94. The summed E-state index contributed by atoms with van der Waals surface area (Å²) < 4.78 is 33.3. The van der Waals surface area contributed by atoms with Crippen LogP contribution in [-0.2, 0) is 19.6 Å². The molecule has 0 aliphatic carbocycles. The maximum Gasteiger partial charge on any atom is 0.323 e. The highest BCUT2D eigenvalue weighted by molar-refractivity contribution is 7.89. The monoisotopic (exact) mass is 380 g/mol. The zero-order valence-corrected chi connectivity index (χ0v) is 17.1. The van der Waals surface area contributed by atoms with E-state index in [1.165, 1.54) is 0 Å². The SMILES string of the molecule is Cc1c(C)c(C)c(S(=O)(=O)N2CCN(C3CCOC3=O)CC2)c(C)c1C. The van der Waals surface area contributed by atoms with E-state index >= 15 is 0 Å². The van der Waals surface area contributed by atoms with Crippen molar-refractivity contribution in [3.05, 3.63) is 27.8 Å². The number of hydrogen-bond donors (Lipinski definition) is 0. The number of benzene rings is 1. The number of esters is 1. The molecule has 1 aromatic rings. The molecule has 2 aliphatic heterocycles. The van der Waals surface area contributed by atoms with Crippen molar-refractivity contribution < 1.29 is 17.9 Å². The van der Waals surface area contributed by atoms with E-state index in [0.717, 1.165) is 27.8 Å². The largest absolute Gasteiger partial charge is 0.464 e. The third-order valence-electron chi connectivity index (χ3n) is 6.15. The minimum Gasteiger partial charge on any atom is -0.464 e. The Labute approximate surface area is 156 Å². The second-order valence-electron chi connectivity index (χ2n) is 7.37. The smallest absolute Gasteiger partial charge is 0.323 e. The average Bonchev–Trinajstić information content (AvgIpc) is 3.04. The molecular weight excluding hydrogens is 352 g/mol. The van der Waals surface area contributed by atoms with Crippen LogP contribution in [0.2, 0.25) is 0 Å². The Hall–Kier alpha value is -1.44. The number of rotatable bonds is 3. The first kappa shape index (κ1) is 19.3. The standard InChI is InChI=1S/C19H28N2O4S/c1-12-13(2)15(4)18(16(5)14(12)3)26(23,24)21-9-7-20(8-10-21)17-6-11-25-19(17)22/h17H,6-11H2,1-5H3. The topological polar surface area (TPSA) is 66.9 Å². The molecule has 0 N–H and O–H groups in total. The van der Waals surface area contributed by atoms with Crippen LogP contribution in [0.1, 0.15) is 34.2 Å². The zero-order valence-electron chi connectivity index (χ0n) is 16.3. The lowest BCUT2D eigenvalue weighted by Crippen LogP contribution is -2.53. The molecule has 2 saturated heterocycles. The van der Waals surface area contributed by atoms with Gasteiger partial charge in [0.2, 0.25) is 10.0 Å². The van der Waals surface area contributed by atoms with Crippen LogP contribution >= 0.6 is 0 Å². The van der Waals surface area contributed by atoms with Crippen LogP contribution in [-0.4, -0.2) is 62.4 Å². The summed E-state index contributed by atoms with van der Waals surface area (Å²) in [6.07, 6.45) is 0.695. The summed E-state index contributed by atoms with van der Waals surface area (Å²) in [5.74, 6) is -0.183. The van der Waals surface area contributed by atoms with E-state index in [9.17, 15) is 13.2 Å². The van der Waals surface area contributed by atoms with Gasteiger partial charge < -0.3 is 4.74 Å². The molecule has 26 heavy (non-hydrogen) atoms. The minimum absolute atomic E-state index is 0.183. The molecule has 0 aromatic heterocycles. The number of ether oxygens (including phenoxy) is 1. The Kier molecular flexibility index (Phi) is 5.16. The van der Waals surface area contributed by atoms with Gasteiger partial charge in [0.05, 0.1) is 11.5 Å². The fraction of sp³-hybridized carbons (Fsp3) is 0.632. The first-order valence-corrected chi connectivity index (χ1v) is 10.6. The number of carbonyl (C=O) groups is 1. The third kappa shape index (κ3) is 3.06.